The minimum Gasteiger partial charge on any atom is -0.539 e. The molecule has 1 fully saturated rings. The van der Waals surface area contributed by atoms with Crippen LogP contribution in [0, 0.1) is 0 Å². The van der Waals surface area contributed by atoms with E-state index in [-0.39, 0.29) is 37.3 Å². The van der Waals surface area contributed by atoms with Gasteiger partial charge in [0.2, 0.25) is 5.91 Å². The van der Waals surface area contributed by atoms with Crippen LogP contribution in [0.15, 0.2) is 28.8 Å². The highest BCUT2D eigenvalue weighted by atomic mass is 16.6. The maximum absolute atomic E-state index is 13.0. The van der Waals surface area contributed by atoms with E-state index in [9.17, 15) is 19.8 Å². The number of carbonyl (C=O) groups is 2. The van der Waals surface area contributed by atoms with Crippen molar-refractivity contribution in [2.24, 2.45) is 7.05 Å². The number of nitrogens with zero attached hydrogens (tertiary/aromatic N) is 4. The molecule has 1 amide bonds. The zero-order valence-corrected chi connectivity index (χ0v) is 15.7. The lowest BCUT2D eigenvalue weighted by Crippen LogP contribution is -2.45. The van der Waals surface area contributed by atoms with Crippen molar-refractivity contribution >= 4 is 17.6 Å². The van der Waals surface area contributed by atoms with Crippen LogP contribution in [0.3, 0.4) is 0 Å². The summed E-state index contributed by atoms with van der Waals surface area (Å²) in [5.74, 6) is -1.35. The van der Waals surface area contributed by atoms with E-state index in [1.807, 2.05) is 0 Å². The van der Waals surface area contributed by atoms with E-state index in [1.54, 1.807) is 36.2 Å². The molecule has 28 heavy (non-hydrogen) atoms. The molecule has 0 atom stereocenters. The molecule has 1 aromatic heterocycles. The van der Waals surface area contributed by atoms with Crippen molar-refractivity contribution in [3.63, 3.8) is 0 Å². The minimum absolute atomic E-state index is 0.0267. The second-order valence-electron chi connectivity index (χ2n) is 6.63. The molecule has 0 aliphatic heterocycles. The van der Waals surface area contributed by atoms with Crippen LogP contribution in [0.25, 0.3) is 0 Å². The van der Waals surface area contributed by atoms with Crippen LogP contribution < -0.4 is 19.4 Å². The molecule has 1 saturated carbocycles. The second-order valence-corrected chi connectivity index (χ2v) is 6.63. The molecule has 0 bridgehead atoms. The summed E-state index contributed by atoms with van der Waals surface area (Å²) >= 11 is 0. The van der Waals surface area contributed by atoms with Gasteiger partial charge in [-0.25, -0.2) is 0 Å². The van der Waals surface area contributed by atoms with Gasteiger partial charge in [0.25, 0.3) is 5.69 Å². The highest BCUT2D eigenvalue weighted by Crippen LogP contribution is 2.29. The number of aromatic nitrogens is 2. The highest BCUT2D eigenvalue weighted by Gasteiger charge is 2.35. The summed E-state index contributed by atoms with van der Waals surface area (Å²) in [6, 6.07) is 6.89. The summed E-state index contributed by atoms with van der Waals surface area (Å²) in [6.07, 6.45) is 1.68. The molecule has 3 rings (SSSR count). The van der Waals surface area contributed by atoms with Gasteiger partial charge in [-0.3, -0.25) is 9.59 Å². The zero-order chi connectivity index (χ0) is 20.3. The van der Waals surface area contributed by atoms with E-state index < -0.39 is 11.9 Å². The standard InChI is InChI=1S/C18H22N4O6/c1-20-15(18(26)28-19-20)9-22(12-6-7-12)16(23)10-21(11-17(24)25)13-4-3-5-14(8-13)27-2/h3-5,8,12H,6-7,9-11H2,1-2H3,(H-,19,24,25,26). The summed E-state index contributed by atoms with van der Waals surface area (Å²) in [7, 11) is 3.09. The summed E-state index contributed by atoms with van der Waals surface area (Å²) < 4.78 is 11.1. The first-order valence-electron chi connectivity index (χ1n) is 8.81. The number of carbonyl (C=O) groups excluding carboxylic acids is 1. The van der Waals surface area contributed by atoms with Crippen LogP contribution in [-0.4, -0.2) is 53.4 Å². The van der Waals surface area contributed by atoms with Crippen LogP contribution in [0.4, 0.5) is 5.69 Å². The molecular weight excluding hydrogens is 368 g/mol. The molecule has 0 radical (unpaired) electrons. The van der Waals surface area contributed by atoms with Crippen molar-refractivity contribution in [1.29, 1.82) is 0 Å². The number of methoxy groups -OCH3 is 1. The Morgan fingerprint density at radius 2 is 2.14 bits per heavy atom. The number of anilines is 1. The number of benzene rings is 1. The maximum Gasteiger partial charge on any atom is 0.323 e. The van der Waals surface area contributed by atoms with Crippen molar-refractivity contribution in [2.75, 3.05) is 25.1 Å². The summed E-state index contributed by atoms with van der Waals surface area (Å²) in [5, 5.41) is 24.6. The molecule has 1 heterocycles. The molecule has 150 valence electrons. The van der Waals surface area contributed by atoms with Crippen molar-refractivity contribution in [2.45, 2.75) is 25.4 Å². The van der Waals surface area contributed by atoms with Crippen LogP contribution in [-0.2, 0) is 23.2 Å². The SMILES string of the molecule is COc1cccc(N(CC(=O)O)CC(=O)N(Cc2c([O-])on[n+]2C)C2CC2)c1. The molecule has 0 unspecified atom stereocenters. The number of carboxylic acids is 1. The Balaban J connectivity index is 1.79. The van der Waals surface area contributed by atoms with E-state index in [1.165, 1.54) is 16.7 Å². The van der Waals surface area contributed by atoms with Gasteiger partial charge in [0.15, 0.2) is 13.0 Å². The number of ether oxygens (including phenoxy) is 1. The number of hydrogen-bond donors (Lipinski definition) is 1. The quantitative estimate of drug-likeness (QED) is 0.577. The molecule has 1 aromatic carbocycles. The lowest BCUT2D eigenvalue weighted by molar-refractivity contribution is -0.747. The summed E-state index contributed by atoms with van der Waals surface area (Å²) in [6.45, 7) is -0.411. The number of aryl methyl sites for hydroxylation is 1. The first kappa shape index (κ1) is 19.5. The van der Waals surface area contributed by atoms with E-state index in [2.05, 4.69) is 9.79 Å². The third-order valence-electron chi connectivity index (χ3n) is 4.57. The van der Waals surface area contributed by atoms with E-state index >= 15 is 0 Å². The Kier molecular flexibility index (Phi) is 5.67. The normalized spacial score (nSPS) is 13.2. The van der Waals surface area contributed by atoms with Crippen LogP contribution in [0.5, 0.6) is 11.7 Å². The Bertz CT molecular complexity index is 844. The Morgan fingerprint density at radius 1 is 1.39 bits per heavy atom. The lowest BCUT2D eigenvalue weighted by atomic mass is 10.2. The maximum atomic E-state index is 13.0. The predicted octanol–water partition coefficient (Wildman–Crippen LogP) is -0.336. The largest absolute Gasteiger partial charge is 0.539 e. The van der Waals surface area contributed by atoms with Crippen molar-refractivity contribution in [3.05, 3.63) is 30.0 Å². The zero-order valence-electron chi connectivity index (χ0n) is 15.7. The highest BCUT2D eigenvalue weighted by molar-refractivity contribution is 5.84. The van der Waals surface area contributed by atoms with E-state index in [0.29, 0.717) is 11.4 Å². The minimum atomic E-state index is -1.05. The van der Waals surface area contributed by atoms with Gasteiger partial charge < -0.3 is 29.3 Å². The lowest BCUT2D eigenvalue weighted by Gasteiger charge is -2.27. The second kappa shape index (κ2) is 8.15. The fourth-order valence-electron chi connectivity index (χ4n) is 2.93. The first-order chi connectivity index (χ1) is 13.4. The molecule has 0 saturated heterocycles. The van der Waals surface area contributed by atoms with Gasteiger partial charge in [-0.05, 0) is 25.0 Å². The van der Waals surface area contributed by atoms with Gasteiger partial charge in [0, 0.05) is 17.8 Å². The number of carboxylic acid groups (broad SMARTS) is 1. The van der Waals surface area contributed by atoms with Crippen molar-refractivity contribution in [3.8, 4) is 11.7 Å². The molecule has 10 nitrogen and oxygen atoms in total. The van der Waals surface area contributed by atoms with Gasteiger partial charge in [0.05, 0.1) is 18.9 Å². The molecule has 1 aliphatic rings. The van der Waals surface area contributed by atoms with E-state index in [4.69, 9.17) is 4.74 Å². The van der Waals surface area contributed by atoms with Crippen molar-refractivity contribution in [1.82, 2.24) is 10.2 Å². The average molecular weight is 390 g/mol. The summed E-state index contributed by atoms with van der Waals surface area (Å²) in [5.41, 5.74) is 0.831. The first-order valence-corrected chi connectivity index (χ1v) is 8.81. The summed E-state index contributed by atoms with van der Waals surface area (Å²) in [4.78, 5) is 27.4. The molecule has 0 spiro atoms. The van der Waals surface area contributed by atoms with Crippen LogP contribution in [0.2, 0.25) is 0 Å². The average Bonchev–Trinajstić information content (AvgIpc) is 3.45. The smallest absolute Gasteiger partial charge is 0.323 e. The fraction of sp³-hybridized carbons (Fsp3) is 0.444. The number of amides is 1. The monoisotopic (exact) mass is 390 g/mol. The van der Waals surface area contributed by atoms with E-state index in [0.717, 1.165) is 12.8 Å². The van der Waals surface area contributed by atoms with Gasteiger partial charge in [-0.1, -0.05) is 10.7 Å². The predicted molar refractivity (Wildman–Crippen MR) is 93.5 cm³/mol. The Morgan fingerprint density at radius 3 is 2.71 bits per heavy atom. The van der Waals surface area contributed by atoms with Gasteiger partial charge in [0.1, 0.15) is 18.8 Å². The fourth-order valence-corrected chi connectivity index (χ4v) is 2.93. The van der Waals surface area contributed by atoms with Gasteiger partial charge >= 0.3 is 5.97 Å². The molecular formula is C18H22N4O6. The molecule has 10 heteroatoms. The Hall–Kier alpha value is -3.30. The third kappa shape index (κ3) is 4.51. The number of aliphatic carboxylic acids is 1. The van der Waals surface area contributed by atoms with Gasteiger partial charge in [-0.2, -0.15) is 0 Å². The molecule has 1 N–H and O–H groups in total. The third-order valence-corrected chi connectivity index (χ3v) is 4.57. The Labute approximate surface area is 161 Å². The van der Waals surface area contributed by atoms with Crippen LogP contribution in [0.1, 0.15) is 18.5 Å². The van der Waals surface area contributed by atoms with Gasteiger partial charge in [-0.15, -0.1) is 0 Å². The number of hydrogen-bond acceptors (Lipinski definition) is 7. The molecule has 2 aromatic rings. The van der Waals surface area contributed by atoms with Crippen molar-refractivity contribution < 1.29 is 33.7 Å². The number of rotatable bonds is 9. The molecule has 1 aliphatic carbocycles. The topological polar surface area (TPSA) is 123 Å². The van der Waals surface area contributed by atoms with Crippen LogP contribution >= 0.6 is 0 Å².